The summed E-state index contributed by atoms with van der Waals surface area (Å²) < 4.78 is 12.1. The topological polar surface area (TPSA) is 55.1 Å². The van der Waals surface area contributed by atoms with Crippen LogP contribution in [0.5, 0.6) is 0 Å². The maximum atomic E-state index is 12.1. The van der Waals surface area contributed by atoms with Gasteiger partial charge in [-0.2, -0.15) is 0 Å². The van der Waals surface area contributed by atoms with Crippen LogP contribution in [0.3, 0.4) is 0 Å². The molecule has 0 bridgehead atoms. The summed E-state index contributed by atoms with van der Waals surface area (Å²) in [6.45, 7) is 0. The minimum atomic E-state index is -1.46. The third kappa shape index (κ3) is 1.69. The smallest absolute Gasteiger partial charge is 0.397 e. The van der Waals surface area contributed by atoms with E-state index in [0.29, 0.717) is 18.5 Å². The fraction of sp³-hybridized carbons (Fsp3) is 0.300. The van der Waals surface area contributed by atoms with E-state index in [0.717, 1.165) is 11.1 Å². The van der Waals surface area contributed by atoms with Crippen molar-refractivity contribution in [2.75, 3.05) is 5.73 Å². The standard InChI is InChI=1S/C10H11FN2O/c11-10(14)13-9-4-6-1-2-8(12)3-7(6)5-9/h1-3,9H,4-5,12H2,(H,13,14). The number of anilines is 1. The Labute approximate surface area is 81.1 Å². The molecule has 1 aromatic carbocycles. The number of fused-ring (bicyclic) bond motifs is 1. The molecule has 0 fully saturated rings. The molecule has 14 heavy (non-hydrogen) atoms. The van der Waals surface area contributed by atoms with Gasteiger partial charge in [-0.25, -0.2) is 4.79 Å². The molecule has 0 radical (unpaired) electrons. The molecule has 2 rings (SSSR count). The van der Waals surface area contributed by atoms with Gasteiger partial charge in [0.25, 0.3) is 0 Å². The molecule has 74 valence electrons. The summed E-state index contributed by atoms with van der Waals surface area (Å²) in [5.74, 6) is 0. The Hall–Kier alpha value is -1.58. The van der Waals surface area contributed by atoms with Gasteiger partial charge >= 0.3 is 6.16 Å². The lowest BCUT2D eigenvalue weighted by atomic mass is 10.1. The van der Waals surface area contributed by atoms with E-state index in [-0.39, 0.29) is 6.04 Å². The number of benzene rings is 1. The average Bonchev–Trinajstić information content (AvgIpc) is 2.44. The molecule has 1 atom stereocenters. The van der Waals surface area contributed by atoms with Crippen molar-refractivity contribution in [3.8, 4) is 0 Å². The number of carbonyl (C=O) groups is 1. The minimum absolute atomic E-state index is 0.121. The number of halogens is 1. The van der Waals surface area contributed by atoms with Gasteiger partial charge in [-0.3, -0.25) is 0 Å². The van der Waals surface area contributed by atoms with E-state index in [4.69, 9.17) is 5.73 Å². The summed E-state index contributed by atoms with van der Waals surface area (Å²) in [7, 11) is 0. The van der Waals surface area contributed by atoms with Crippen LogP contribution >= 0.6 is 0 Å². The molecule has 1 unspecified atom stereocenters. The molecule has 0 spiro atoms. The lowest BCUT2D eigenvalue weighted by Gasteiger charge is -2.06. The molecule has 0 aliphatic heterocycles. The molecule has 0 saturated heterocycles. The van der Waals surface area contributed by atoms with E-state index in [1.165, 1.54) is 0 Å². The molecule has 1 aliphatic carbocycles. The molecule has 0 saturated carbocycles. The van der Waals surface area contributed by atoms with Crippen molar-refractivity contribution in [3.63, 3.8) is 0 Å². The first-order valence-electron chi connectivity index (χ1n) is 4.48. The molecular weight excluding hydrogens is 183 g/mol. The SMILES string of the molecule is Nc1ccc2c(c1)CC(NC(=O)F)C2. The van der Waals surface area contributed by atoms with Crippen molar-refractivity contribution >= 4 is 11.8 Å². The quantitative estimate of drug-likeness (QED) is 0.403. The summed E-state index contributed by atoms with van der Waals surface area (Å²) >= 11 is 0. The van der Waals surface area contributed by atoms with Crippen LogP contribution in [0.25, 0.3) is 0 Å². The van der Waals surface area contributed by atoms with Crippen LogP contribution in [0, 0.1) is 0 Å². The van der Waals surface area contributed by atoms with E-state index < -0.39 is 6.16 Å². The van der Waals surface area contributed by atoms with Crippen LogP contribution in [0.4, 0.5) is 14.9 Å². The predicted octanol–water partition coefficient (Wildman–Crippen LogP) is 1.42. The summed E-state index contributed by atoms with van der Waals surface area (Å²) in [5.41, 5.74) is 8.56. The zero-order valence-electron chi connectivity index (χ0n) is 7.59. The number of carbonyl (C=O) groups excluding carboxylic acids is 1. The second-order valence-corrected chi connectivity index (χ2v) is 3.55. The van der Waals surface area contributed by atoms with Crippen molar-refractivity contribution in [1.29, 1.82) is 0 Å². The van der Waals surface area contributed by atoms with Crippen LogP contribution in [-0.2, 0) is 12.8 Å². The first-order valence-corrected chi connectivity index (χ1v) is 4.48. The third-order valence-electron chi connectivity index (χ3n) is 2.48. The molecule has 1 aromatic rings. The second kappa shape index (κ2) is 3.29. The second-order valence-electron chi connectivity index (χ2n) is 3.55. The van der Waals surface area contributed by atoms with Gasteiger partial charge in [-0.15, -0.1) is 4.39 Å². The van der Waals surface area contributed by atoms with Crippen LogP contribution in [0.15, 0.2) is 18.2 Å². The number of hydrogen-bond donors (Lipinski definition) is 2. The Balaban J connectivity index is 2.14. The molecule has 0 heterocycles. The highest BCUT2D eigenvalue weighted by atomic mass is 19.1. The lowest BCUT2D eigenvalue weighted by molar-refractivity contribution is 0.217. The monoisotopic (exact) mass is 194 g/mol. The van der Waals surface area contributed by atoms with E-state index >= 15 is 0 Å². The van der Waals surface area contributed by atoms with Crippen molar-refractivity contribution in [2.45, 2.75) is 18.9 Å². The number of amides is 1. The molecule has 3 N–H and O–H groups in total. The highest BCUT2D eigenvalue weighted by Gasteiger charge is 2.22. The first kappa shape index (κ1) is 8.99. The fourth-order valence-corrected chi connectivity index (χ4v) is 1.90. The van der Waals surface area contributed by atoms with Gasteiger partial charge in [0, 0.05) is 11.7 Å². The van der Waals surface area contributed by atoms with E-state index in [1.54, 1.807) is 0 Å². The number of nitrogens with two attached hydrogens (primary N) is 1. The van der Waals surface area contributed by atoms with E-state index in [2.05, 4.69) is 5.32 Å². The first-order chi connectivity index (χ1) is 6.65. The van der Waals surface area contributed by atoms with E-state index in [9.17, 15) is 9.18 Å². The molecule has 0 aromatic heterocycles. The Morgan fingerprint density at radius 2 is 2.14 bits per heavy atom. The molecule has 1 aliphatic rings. The van der Waals surface area contributed by atoms with Crippen molar-refractivity contribution in [3.05, 3.63) is 29.3 Å². The number of nitrogen functional groups attached to an aromatic ring is 1. The molecule has 3 nitrogen and oxygen atoms in total. The van der Waals surface area contributed by atoms with Crippen LogP contribution in [-0.4, -0.2) is 12.2 Å². The molecule has 1 amide bonds. The van der Waals surface area contributed by atoms with Gasteiger partial charge < -0.3 is 11.1 Å². The molecule has 4 heteroatoms. The van der Waals surface area contributed by atoms with Gasteiger partial charge in [0.1, 0.15) is 0 Å². The zero-order chi connectivity index (χ0) is 10.1. The Bertz CT molecular complexity index is 378. The van der Waals surface area contributed by atoms with Gasteiger partial charge in [0.05, 0.1) is 0 Å². The van der Waals surface area contributed by atoms with Gasteiger partial charge in [0.15, 0.2) is 0 Å². The van der Waals surface area contributed by atoms with Crippen LogP contribution < -0.4 is 11.1 Å². The molecular formula is C10H11FN2O. The Kier molecular flexibility index (Phi) is 2.11. The number of rotatable bonds is 1. The predicted molar refractivity (Wildman–Crippen MR) is 51.7 cm³/mol. The maximum Gasteiger partial charge on any atom is 0.397 e. The summed E-state index contributed by atoms with van der Waals surface area (Å²) in [6.07, 6.45) is -0.114. The number of nitrogens with one attached hydrogen (secondary N) is 1. The zero-order valence-corrected chi connectivity index (χ0v) is 7.59. The normalized spacial score (nSPS) is 19.1. The number of hydrogen-bond acceptors (Lipinski definition) is 2. The van der Waals surface area contributed by atoms with Crippen molar-refractivity contribution in [1.82, 2.24) is 5.32 Å². The van der Waals surface area contributed by atoms with E-state index in [1.807, 2.05) is 18.2 Å². The summed E-state index contributed by atoms with van der Waals surface area (Å²) in [4.78, 5) is 10.2. The average molecular weight is 194 g/mol. The Morgan fingerprint density at radius 1 is 1.43 bits per heavy atom. The summed E-state index contributed by atoms with van der Waals surface area (Å²) in [5, 5.41) is 2.26. The fourth-order valence-electron chi connectivity index (χ4n) is 1.90. The Morgan fingerprint density at radius 3 is 2.86 bits per heavy atom. The third-order valence-corrected chi connectivity index (χ3v) is 2.48. The van der Waals surface area contributed by atoms with Gasteiger partial charge in [-0.05, 0) is 36.1 Å². The largest absolute Gasteiger partial charge is 0.399 e. The summed E-state index contributed by atoms with van der Waals surface area (Å²) in [6, 6.07) is 5.50. The lowest BCUT2D eigenvalue weighted by Crippen LogP contribution is -2.31. The highest BCUT2D eigenvalue weighted by molar-refractivity contribution is 5.66. The maximum absolute atomic E-state index is 12.1. The minimum Gasteiger partial charge on any atom is -0.399 e. The van der Waals surface area contributed by atoms with Crippen molar-refractivity contribution < 1.29 is 9.18 Å². The highest BCUT2D eigenvalue weighted by Crippen LogP contribution is 2.24. The van der Waals surface area contributed by atoms with Crippen LogP contribution in [0.1, 0.15) is 11.1 Å². The van der Waals surface area contributed by atoms with Gasteiger partial charge in [-0.1, -0.05) is 6.07 Å². The van der Waals surface area contributed by atoms with Crippen LogP contribution in [0.2, 0.25) is 0 Å². The van der Waals surface area contributed by atoms with Crippen molar-refractivity contribution in [2.24, 2.45) is 0 Å². The van der Waals surface area contributed by atoms with Gasteiger partial charge in [0.2, 0.25) is 0 Å².